The van der Waals surface area contributed by atoms with Crippen molar-refractivity contribution in [3.8, 4) is 0 Å². The molecule has 1 aromatic carbocycles. The number of alkyl halides is 3. The normalized spacial score (nSPS) is 21.4. The van der Waals surface area contributed by atoms with Crippen molar-refractivity contribution in [3.63, 3.8) is 0 Å². The van der Waals surface area contributed by atoms with E-state index in [0.29, 0.717) is 6.54 Å². The van der Waals surface area contributed by atoms with Gasteiger partial charge in [-0.1, -0.05) is 0 Å². The number of hydrogen-bond donors (Lipinski definition) is 1. The Morgan fingerprint density at radius 2 is 1.86 bits per heavy atom. The Morgan fingerprint density at radius 1 is 1.24 bits per heavy atom. The molecule has 0 saturated carbocycles. The highest BCUT2D eigenvalue weighted by molar-refractivity contribution is 7.89. The van der Waals surface area contributed by atoms with E-state index < -0.39 is 21.8 Å². The fourth-order valence-electron chi connectivity index (χ4n) is 2.37. The van der Waals surface area contributed by atoms with E-state index in [4.69, 9.17) is 0 Å². The molecule has 0 spiro atoms. The van der Waals surface area contributed by atoms with Crippen LogP contribution in [0.5, 0.6) is 0 Å². The first-order chi connectivity index (χ1) is 9.68. The molecule has 1 aromatic rings. The van der Waals surface area contributed by atoms with Crippen LogP contribution in [0.1, 0.15) is 18.4 Å². The molecule has 0 aliphatic carbocycles. The van der Waals surface area contributed by atoms with Crippen LogP contribution in [-0.2, 0) is 16.2 Å². The van der Waals surface area contributed by atoms with E-state index in [9.17, 15) is 21.6 Å². The van der Waals surface area contributed by atoms with Gasteiger partial charge < -0.3 is 4.90 Å². The van der Waals surface area contributed by atoms with Gasteiger partial charge in [0.25, 0.3) is 0 Å². The van der Waals surface area contributed by atoms with Crippen molar-refractivity contribution in [2.24, 2.45) is 0 Å². The summed E-state index contributed by atoms with van der Waals surface area (Å²) in [6, 6.07) is 3.31. The Kier molecular flexibility index (Phi) is 4.60. The van der Waals surface area contributed by atoms with Crippen LogP contribution in [-0.4, -0.2) is 39.5 Å². The smallest absolute Gasteiger partial charge is 0.305 e. The Morgan fingerprint density at radius 3 is 2.38 bits per heavy atom. The number of nitrogens with one attached hydrogen (secondary N) is 1. The Bertz CT molecular complexity index is 584. The highest BCUT2D eigenvalue weighted by Crippen LogP contribution is 2.29. The third kappa shape index (κ3) is 4.18. The maximum atomic E-state index is 12.5. The van der Waals surface area contributed by atoms with Gasteiger partial charge >= 0.3 is 6.18 Å². The second-order valence-corrected chi connectivity index (χ2v) is 6.96. The number of hydrogen-bond acceptors (Lipinski definition) is 3. The largest absolute Gasteiger partial charge is 0.416 e. The molecule has 1 fully saturated rings. The van der Waals surface area contributed by atoms with E-state index in [1.54, 1.807) is 0 Å². The zero-order valence-corrected chi connectivity index (χ0v) is 12.3. The van der Waals surface area contributed by atoms with E-state index >= 15 is 0 Å². The molecular weight excluding hydrogens is 305 g/mol. The molecule has 4 nitrogen and oxygen atoms in total. The number of benzene rings is 1. The number of likely N-dealkylation sites (N-methyl/N-ethyl adjacent to an activating group) is 1. The lowest BCUT2D eigenvalue weighted by atomic mass is 10.1. The minimum atomic E-state index is -4.47. The maximum absolute atomic E-state index is 12.5. The van der Waals surface area contributed by atoms with Crippen molar-refractivity contribution >= 4 is 10.0 Å². The molecule has 0 radical (unpaired) electrons. The van der Waals surface area contributed by atoms with Crippen molar-refractivity contribution in [3.05, 3.63) is 29.8 Å². The molecule has 8 heteroatoms. The second kappa shape index (κ2) is 5.94. The van der Waals surface area contributed by atoms with Crippen LogP contribution in [0.2, 0.25) is 0 Å². The maximum Gasteiger partial charge on any atom is 0.416 e. The van der Waals surface area contributed by atoms with Crippen molar-refractivity contribution in [1.82, 2.24) is 9.62 Å². The fraction of sp³-hybridized carbons (Fsp3) is 0.538. The van der Waals surface area contributed by atoms with Gasteiger partial charge in [-0.05, 0) is 50.7 Å². The Labute approximate surface area is 122 Å². The van der Waals surface area contributed by atoms with Gasteiger partial charge in [-0.2, -0.15) is 13.2 Å². The first kappa shape index (κ1) is 16.3. The minimum Gasteiger partial charge on any atom is -0.305 e. The van der Waals surface area contributed by atoms with E-state index in [1.165, 1.54) is 0 Å². The zero-order chi connectivity index (χ0) is 15.7. The number of rotatable bonds is 3. The SMILES string of the molecule is CN1CCC[C@@H](NS(=O)(=O)c2ccc(C(F)(F)F)cc2)C1. The lowest BCUT2D eigenvalue weighted by molar-refractivity contribution is -0.137. The molecule has 1 atom stereocenters. The average Bonchev–Trinajstić information content (AvgIpc) is 2.37. The van der Waals surface area contributed by atoms with Crippen LogP contribution in [0, 0.1) is 0 Å². The summed E-state index contributed by atoms with van der Waals surface area (Å²) in [6.45, 7) is 1.51. The molecule has 118 valence electrons. The van der Waals surface area contributed by atoms with Gasteiger partial charge in [-0.25, -0.2) is 13.1 Å². The van der Waals surface area contributed by atoms with Gasteiger partial charge in [0.2, 0.25) is 10.0 Å². The summed E-state index contributed by atoms with van der Waals surface area (Å²) in [5, 5.41) is 0. The molecule has 2 rings (SSSR count). The van der Waals surface area contributed by atoms with Gasteiger partial charge in [0.1, 0.15) is 0 Å². The van der Waals surface area contributed by atoms with Crippen molar-refractivity contribution in [2.75, 3.05) is 20.1 Å². The van der Waals surface area contributed by atoms with Crippen LogP contribution >= 0.6 is 0 Å². The minimum absolute atomic E-state index is 0.149. The van der Waals surface area contributed by atoms with Gasteiger partial charge in [0, 0.05) is 12.6 Å². The predicted molar refractivity (Wildman–Crippen MR) is 72.3 cm³/mol. The number of likely N-dealkylation sites (tertiary alicyclic amines) is 1. The van der Waals surface area contributed by atoms with E-state index in [-0.39, 0.29) is 10.9 Å². The van der Waals surface area contributed by atoms with E-state index in [0.717, 1.165) is 43.7 Å². The summed E-state index contributed by atoms with van der Waals surface area (Å²) < 4.78 is 64.2. The van der Waals surface area contributed by atoms with Gasteiger partial charge in [-0.3, -0.25) is 0 Å². The molecule has 1 aliphatic rings. The summed E-state index contributed by atoms with van der Waals surface area (Å²) in [5.74, 6) is 0. The molecule has 1 heterocycles. The monoisotopic (exact) mass is 322 g/mol. The van der Waals surface area contributed by atoms with Crippen LogP contribution in [0.4, 0.5) is 13.2 Å². The number of nitrogens with zero attached hydrogens (tertiary/aromatic N) is 1. The molecular formula is C13H17F3N2O2S. The molecule has 0 unspecified atom stereocenters. The number of piperidine rings is 1. The Balaban J connectivity index is 2.12. The quantitative estimate of drug-likeness (QED) is 0.927. The predicted octanol–water partition coefficient (Wildman–Crippen LogP) is 2.08. The van der Waals surface area contributed by atoms with Gasteiger partial charge in [-0.15, -0.1) is 0 Å². The molecule has 21 heavy (non-hydrogen) atoms. The third-order valence-electron chi connectivity index (χ3n) is 3.44. The van der Waals surface area contributed by atoms with E-state index in [1.807, 2.05) is 11.9 Å². The van der Waals surface area contributed by atoms with Crippen molar-refractivity contribution < 1.29 is 21.6 Å². The van der Waals surface area contributed by atoms with Gasteiger partial charge in [0.05, 0.1) is 10.5 Å². The molecule has 1 N–H and O–H groups in total. The number of sulfonamides is 1. The highest BCUT2D eigenvalue weighted by atomic mass is 32.2. The molecule has 1 aliphatic heterocycles. The fourth-order valence-corrected chi connectivity index (χ4v) is 3.63. The summed E-state index contributed by atoms with van der Waals surface area (Å²) in [4.78, 5) is 1.87. The first-order valence-electron chi connectivity index (χ1n) is 6.56. The molecule has 1 saturated heterocycles. The molecule has 0 bridgehead atoms. The van der Waals surface area contributed by atoms with Crippen molar-refractivity contribution in [2.45, 2.75) is 30.0 Å². The van der Waals surface area contributed by atoms with Crippen LogP contribution in [0.15, 0.2) is 29.2 Å². The summed E-state index contributed by atoms with van der Waals surface area (Å²) in [7, 11) is -1.89. The second-order valence-electron chi connectivity index (χ2n) is 5.24. The van der Waals surface area contributed by atoms with Gasteiger partial charge in [0.15, 0.2) is 0 Å². The lowest BCUT2D eigenvalue weighted by Gasteiger charge is -2.29. The molecule has 0 aromatic heterocycles. The van der Waals surface area contributed by atoms with Crippen LogP contribution in [0.3, 0.4) is 0 Å². The van der Waals surface area contributed by atoms with E-state index in [2.05, 4.69) is 4.72 Å². The number of halogens is 3. The topological polar surface area (TPSA) is 49.4 Å². The average molecular weight is 322 g/mol. The Hall–Kier alpha value is -1.12. The highest BCUT2D eigenvalue weighted by Gasteiger charge is 2.31. The van der Waals surface area contributed by atoms with Crippen LogP contribution in [0.25, 0.3) is 0 Å². The first-order valence-corrected chi connectivity index (χ1v) is 8.05. The molecule has 0 amide bonds. The van der Waals surface area contributed by atoms with Crippen LogP contribution < -0.4 is 4.72 Å². The van der Waals surface area contributed by atoms with Crippen molar-refractivity contribution in [1.29, 1.82) is 0 Å². The zero-order valence-electron chi connectivity index (χ0n) is 11.5. The standard InChI is InChI=1S/C13H17F3N2O2S/c1-18-8-2-3-11(9-18)17-21(19,20)12-6-4-10(5-7-12)13(14,15)16/h4-7,11,17H,2-3,8-9H2,1H3/t11-/m1/s1. The lowest BCUT2D eigenvalue weighted by Crippen LogP contribution is -2.46. The summed E-state index contributed by atoms with van der Waals surface area (Å²) in [6.07, 6.45) is -2.86. The third-order valence-corrected chi connectivity index (χ3v) is 4.97. The summed E-state index contributed by atoms with van der Waals surface area (Å²) in [5.41, 5.74) is -0.862. The summed E-state index contributed by atoms with van der Waals surface area (Å²) >= 11 is 0.